The summed E-state index contributed by atoms with van der Waals surface area (Å²) in [5, 5.41) is 3.99. The highest BCUT2D eigenvalue weighted by Gasteiger charge is 2.03. The zero-order valence-corrected chi connectivity index (χ0v) is 9.13. The quantitative estimate of drug-likeness (QED) is 0.759. The summed E-state index contributed by atoms with van der Waals surface area (Å²) < 4.78 is 2.89. The zero-order valence-electron chi connectivity index (χ0n) is 9.13. The van der Waals surface area contributed by atoms with Crippen molar-refractivity contribution in [3.63, 3.8) is 0 Å². The molecule has 0 spiro atoms. The first-order valence-corrected chi connectivity index (χ1v) is 5.10. The molecule has 1 aromatic heterocycles. The number of aromatic nitrogens is 3. The van der Waals surface area contributed by atoms with Crippen LogP contribution in [0.25, 0.3) is 0 Å². The molecule has 84 valence electrons. The molecule has 1 aromatic carbocycles. The molecule has 16 heavy (non-hydrogen) atoms. The van der Waals surface area contributed by atoms with E-state index < -0.39 is 0 Å². The lowest BCUT2D eigenvalue weighted by Gasteiger charge is -2.04. The minimum Gasteiger partial charge on any atom is -0.399 e. The first kappa shape index (κ1) is 10.5. The number of para-hydroxylation sites is 1. The molecule has 1 heterocycles. The minimum atomic E-state index is -0.102. The number of hydrogen-bond acceptors (Lipinski definition) is 3. The molecule has 0 atom stereocenters. The third-order valence-corrected chi connectivity index (χ3v) is 2.53. The van der Waals surface area contributed by atoms with Crippen molar-refractivity contribution in [2.75, 3.05) is 5.73 Å². The highest BCUT2D eigenvalue weighted by Crippen LogP contribution is 2.11. The van der Waals surface area contributed by atoms with E-state index in [-0.39, 0.29) is 5.69 Å². The SMILES string of the molecule is Cn1cnn(CCc2ccccc2N)c1=O. The van der Waals surface area contributed by atoms with Crippen molar-refractivity contribution in [3.8, 4) is 0 Å². The monoisotopic (exact) mass is 218 g/mol. The fraction of sp³-hybridized carbons (Fsp3) is 0.273. The summed E-state index contributed by atoms with van der Waals surface area (Å²) in [6.07, 6.45) is 2.22. The van der Waals surface area contributed by atoms with Gasteiger partial charge in [-0.25, -0.2) is 9.48 Å². The number of benzene rings is 1. The molecule has 0 saturated carbocycles. The van der Waals surface area contributed by atoms with Crippen LogP contribution < -0.4 is 11.4 Å². The Morgan fingerprint density at radius 1 is 1.38 bits per heavy atom. The maximum absolute atomic E-state index is 11.5. The van der Waals surface area contributed by atoms with Gasteiger partial charge in [-0.15, -0.1) is 0 Å². The molecule has 0 radical (unpaired) electrons. The highest BCUT2D eigenvalue weighted by molar-refractivity contribution is 5.46. The molecule has 0 aliphatic rings. The van der Waals surface area contributed by atoms with E-state index in [1.165, 1.54) is 15.6 Å². The van der Waals surface area contributed by atoms with Crippen molar-refractivity contribution in [1.82, 2.24) is 14.3 Å². The van der Waals surface area contributed by atoms with Crippen LogP contribution in [0, 0.1) is 0 Å². The summed E-state index contributed by atoms with van der Waals surface area (Å²) >= 11 is 0. The Morgan fingerprint density at radius 2 is 2.12 bits per heavy atom. The number of nitrogens with zero attached hydrogens (tertiary/aromatic N) is 3. The molecule has 5 nitrogen and oxygen atoms in total. The lowest BCUT2D eigenvalue weighted by molar-refractivity contribution is 0.585. The van der Waals surface area contributed by atoms with E-state index in [4.69, 9.17) is 5.73 Å². The van der Waals surface area contributed by atoms with Crippen LogP contribution in [0.15, 0.2) is 35.4 Å². The summed E-state index contributed by atoms with van der Waals surface area (Å²) in [7, 11) is 1.68. The van der Waals surface area contributed by atoms with Crippen LogP contribution in [0.2, 0.25) is 0 Å². The predicted octanol–water partition coefficient (Wildman–Crippen LogP) is 0.407. The van der Waals surface area contributed by atoms with Gasteiger partial charge in [0.05, 0.1) is 6.54 Å². The summed E-state index contributed by atoms with van der Waals surface area (Å²) in [6.45, 7) is 0.549. The van der Waals surface area contributed by atoms with Gasteiger partial charge in [0.1, 0.15) is 6.33 Å². The normalized spacial score (nSPS) is 10.6. The van der Waals surface area contributed by atoms with Gasteiger partial charge in [-0.1, -0.05) is 18.2 Å². The van der Waals surface area contributed by atoms with E-state index in [1.807, 2.05) is 24.3 Å². The van der Waals surface area contributed by atoms with E-state index in [1.54, 1.807) is 7.05 Å². The molecule has 0 aliphatic heterocycles. The Bertz CT molecular complexity index is 541. The maximum Gasteiger partial charge on any atom is 0.345 e. The zero-order chi connectivity index (χ0) is 11.5. The molecule has 2 N–H and O–H groups in total. The van der Waals surface area contributed by atoms with Crippen LogP contribution in [0.3, 0.4) is 0 Å². The Labute approximate surface area is 93.1 Å². The molecule has 0 saturated heterocycles. The van der Waals surface area contributed by atoms with Crippen LogP contribution >= 0.6 is 0 Å². The smallest absolute Gasteiger partial charge is 0.345 e. The number of aryl methyl sites for hydroxylation is 3. The Kier molecular flexibility index (Phi) is 2.76. The number of nitrogens with two attached hydrogens (primary N) is 1. The van der Waals surface area contributed by atoms with Crippen LogP contribution in [-0.4, -0.2) is 14.3 Å². The molecular formula is C11H14N4O. The second-order valence-corrected chi connectivity index (χ2v) is 3.70. The maximum atomic E-state index is 11.5. The van der Waals surface area contributed by atoms with Gasteiger partial charge < -0.3 is 5.73 Å². The van der Waals surface area contributed by atoms with Gasteiger partial charge in [0, 0.05) is 12.7 Å². The van der Waals surface area contributed by atoms with Crippen molar-refractivity contribution in [2.45, 2.75) is 13.0 Å². The van der Waals surface area contributed by atoms with E-state index in [0.29, 0.717) is 13.0 Å². The van der Waals surface area contributed by atoms with Gasteiger partial charge in [0.2, 0.25) is 0 Å². The largest absolute Gasteiger partial charge is 0.399 e. The molecule has 0 fully saturated rings. The molecule has 2 rings (SSSR count). The van der Waals surface area contributed by atoms with Crippen molar-refractivity contribution in [1.29, 1.82) is 0 Å². The predicted molar refractivity (Wildman–Crippen MR) is 62.0 cm³/mol. The molecule has 2 aromatic rings. The number of nitrogen functional groups attached to an aromatic ring is 1. The average molecular weight is 218 g/mol. The third-order valence-electron chi connectivity index (χ3n) is 2.53. The summed E-state index contributed by atoms with van der Waals surface area (Å²) in [5.41, 5.74) is 7.51. The summed E-state index contributed by atoms with van der Waals surface area (Å²) in [5.74, 6) is 0. The van der Waals surface area contributed by atoms with E-state index in [9.17, 15) is 4.79 Å². The second kappa shape index (κ2) is 4.22. The van der Waals surface area contributed by atoms with E-state index in [2.05, 4.69) is 5.10 Å². The second-order valence-electron chi connectivity index (χ2n) is 3.70. The van der Waals surface area contributed by atoms with Crippen molar-refractivity contribution in [2.24, 2.45) is 7.05 Å². The van der Waals surface area contributed by atoms with Crippen molar-refractivity contribution >= 4 is 5.69 Å². The van der Waals surface area contributed by atoms with E-state index in [0.717, 1.165) is 11.3 Å². The third kappa shape index (κ3) is 1.98. The van der Waals surface area contributed by atoms with Gasteiger partial charge in [-0.3, -0.25) is 4.57 Å². The highest BCUT2D eigenvalue weighted by atomic mass is 16.2. The van der Waals surface area contributed by atoms with Crippen LogP contribution in [0.5, 0.6) is 0 Å². The van der Waals surface area contributed by atoms with Crippen LogP contribution in [0.1, 0.15) is 5.56 Å². The average Bonchev–Trinajstić information content (AvgIpc) is 2.59. The molecule has 0 amide bonds. The number of hydrogen-bond donors (Lipinski definition) is 1. The number of anilines is 1. The lowest BCUT2D eigenvalue weighted by atomic mass is 10.1. The van der Waals surface area contributed by atoms with Gasteiger partial charge in [0.25, 0.3) is 0 Å². The Balaban J connectivity index is 2.11. The summed E-state index contributed by atoms with van der Waals surface area (Å²) in [4.78, 5) is 11.5. The Hall–Kier alpha value is -2.04. The van der Waals surface area contributed by atoms with Crippen LogP contribution in [-0.2, 0) is 20.0 Å². The molecule has 0 unspecified atom stereocenters. The standard InChI is InChI=1S/C11H14N4O/c1-14-8-13-15(11(14)16)7-6-9-4-2-3-5-10(9)12/h2-5,8H,6-7,12H2,1H3. The Morgan fingerprint density at radius 3 is 2.75 bits per heavy atom. The van der Waals surface area contributed by atoms with Gasteiger partial charge in [0.15, 0.2) is 0 Å². The molecule has 5 heteroatoms. The summed E-state index contributed by atoms with van der Waals surface area (Å²) in [6, 6.07) is 7.65. The first-order valence-electron chi connectivity index (χ1n) is 5.10. The van der Waals surface area contributed by atoms with Gasteiger partial charge in [-0.2, -0.15) is 5.10 Å². The molecule has 0 aliphatic carbocycles. The first-order chi connectivity index (χ1) is 7.68. The van der Waals surface area contributed by atoms with Crippen LogP contribution in [0.4, 0.5) is 5.69 Å². The van der Waals surface area contributed by atoms with Crippen molar-refractivity contribution < 1.29 is 0 Å². The van der Waals surface area contributed by atoms with Gasteiger partial charge >= 0.3 is 5.69 Å². The molecular weight excluding hydrogens is 204 g/mol. The fourth-order valence-electron chi connectivity index (χ4n) is 1.56. The van der Waals surface area contributed by atoms with Crippen molar-refractivity contribution in [3.05, 3.63) is 46.6 Å². The number of rotatable bonds is 3. The van der Waals surface area contributed by atoms with E-state index >= 15 is 0 Å². The van der Waals surface area contributed by atoms with Gasteiger partial charge in [-0.05, 0) is 18.1 Å². The lowest BCUT2D eigenvalue weighted by Crippen LogP contribution is -2.23. The fourth-order valence-corrected chi connectivity index (χ4v) is 1.56. The molecule has 0 bridgehead atoms. The minimum absolute atomic E-state index is 0.102. The topological polar surface area (TPSA) is 65.8 Å².